The van der Waals surface area contributed by atoms with Crippen LogP contribution in [0.3, 0.4) is 0 Å². The van der Waals surface area contributed by atoms with Gasteiger partial charge in [-0.1, -0.05) is 35.5 Å². The number of ether oxygens (including phenoxy) is 1. The van der Waals surface area contributed by atoms with Crippen LogP contribution in [0.25, 0.3) is 23.1 Å². The molecule has 0 unspecified atom stereocenters. The molecule has 94 valence electrons. The second kappa shape index (κ2) is 4.98. The summed E-state index contributed by atoms with van der Waals surface area (Å²) in [5, 5.41) is 5.03. The molecule has 0 spiro atoms. The van der Waals surface area contributed by atoms with Crippen LogP contribution >= 0.6 is 0 Å². The number of rotatable bonds is 3. The monoisotopic (exact) mass is 251 g/mol. The third-order valence-corrected chi connectivity index (χ3v) is 2.95. The molecule has 1 heterocycles. The molecule has 3 aromatic rings. The largest absolute Gasteiger partial charge is 0.497 e. The summed E-state index contributed by atoms with van der Waals surface area (Å²) < 4.78 is 10.4. The maximum atomic E-state index is 5.32. The highest BCUT2D eigenvalue weighted by Gasteiger charge is 2.03. The van der Waals surface area contributed by atoms with Crippen LogP contribution in [0.5, 0.6) is 5.75 Å². The minimum Gasteiger partial charge on any atom is -0.497 e. The molecule has 1 aromatic heterocycles. The van der Waals surface area contributed by atoms with E-state index in [9.17, 15) is 0 Å². The van der Waals surface area contributed by atoms with E-state index in [1.165, 1.54) is 0 Å². The van der Waals surface area contributed by atoms with Gasteiger partial charge in [0.25, 0.3) is 0 Å². The van der Waals surface area contributed by atoms with Crippen molar-refractivity contribution in [3.8, 4) is 5.75 Å². The number of benzene rings is 2. The van der Waals surface area contributed by atoms with Crippen LogP contribution in [0.15, 0.2) is 53.1 Å². The first kappa shape index (κ1) is 11.5. The minimum absolute atomic E-state index is 0.770. The zero-order valence-corrected chi connectivity index (χ0v) is 10.5. The van der Waals surface area contributed by atoms with Gasteiger partial charge in [-0.05, 0) is 35.9 Å². The SMILES string of the molecule is COc1ccc(C=Cc2onc3ccccc23)cc1. The van der Waals surface area contributed by atoms with E-state index in [4.69, 9.17) is 9.26 Å². The van der Waals surface area contributed by atoms with E-state index in [1.54, 1.807) is 7.11 Å². The Kier molecular flexibility index (Phi) is 3.02. The van der Waals surface area contributed by atoms with Crippen LogP contribution in [-0.2, 0) is 0 Å². The van der Waals surface area contributed by atoms with Crippen molar-refractivity contribution in [1.29, 1.82) is 0 Å². The lowest BCUT2D eigenvalue weighted by atomic mass is 10.1. The van der Waals surface area contributed by atoms with Gasteiger partial charge in [0.1, 0.15) is 11.3 Å². The molecule has 0 amide bonds. The lowest BCUT2D eigenvalue weighted by molar-refractivity contribution is 0.415. The van der Waals surface area contributed by atoms with Crippen molar-refractivity contribution < 1.29 is 9.26 Å². The van der Waals surface area contributed by atoms with Gasteiger partial charge in [-0.15, -0.1) is 0 Å². The van der Waals surface area contributed by atoms with E-state index in [1.807, 2.05) is 60.7 Å². The van der Waals surface area contributed by atoms with Gasteiger partial charge < -0.3 is 9.26 Å². The summed E-state index contributed by atoms with van der Waals surface area (Å²) >= 11 is 0. The number of fused-ring (bicyclic) bond motifs is 1. The van der Waals surface area contributed by atoms with Crippen molar-refractivity contribution >= 4 is 23.1 Å². The van der Waals surface area contributed by atoms with Crippen molar-refractivity contribution in [2.75, 3.05) is 7.11 Å². The van der Waals surface area contributed by atoms with Crippen LogP contribution in [-0.4, -0.2) is 12.3 Å². The van der Waals surface area contributed by atoms with Crippen molar-refractivity contribution in [2.45, 2.75) is 0 Å². The fraction of sp³-hybridized carbons (Fsp3) is 0.0625. The van der Waals surface area contributed by atoms with E-state index in [0.717, 1.165) is 28.0 Å². The molecule has 0 N–H and O–H groups in total. The van der Waals surface area contributed by atoms with Crippen molar-refractivity contribution in [2.24, 2.45) is 0 Å². The standard InChI is InChI=1S/C16H13NO2/c1-18-13-9-6-12(7-10-13)8-11-16-14-4-2-3-5-15(14)17-19-16/h2-11H,1H3. The van der Waals surface area contributed by atoms with Gasteiger partial charge in [-0.25, -0.2) is 0 Å². The Morgan fingerprint density at radius 3 is 2.58 bits per heavy atom. The summed E-state index contributed by atoms with van der Waals surface area (Å²) in [5.41, 5.74) is 1.96. The van der Waals surface area contributed by atoms with E-state index in [2.05, 4.69) is 5.16 Å². The summed E-state index contributed by atoms with van der Waals surface area (Å²) in [5.74, 6) is 1.62. The molecule has 0 aliphatic rings. The molecule has 0 saturated heterocycles. The Morgan fingerprint density at radius 1 is 1.00 bits per heavy atom. The smallest absolute Gasteiger partial charge is 0.167 e. The molecule has 19 heavy (non-hydrogen) atoms. The number of hydrogen-bond acceptors (Lipinski definition) is 3. The zero-order valence-electron chi connectivity index (χ0n) is 10.5. The molecule has 0 aliphatic heterocycles. The van der Waals surface area contributed by atoms with E-state index < -0.39 is 0 Å². The maximum Gasteiger partial charge on any atom is 0.167 e. The van der Waals surface area contributed by atoms with E-state index >= 15 is 0 Å². The first-order valence-electron chi connectivity index (χ1n) is 6.03. The quantitative estimate of drug-likeness (QED) is 0.705. The molecule has 0 aliphatic carbocycles. The molecule has 3 rings (SSSR count). The zero-order chi connectivity index (χ0) is 13.1. The average molecular weight is 251 g/mol. The predicted molar refractivity (Wildman–Crippen MR) is 75.9 cm³/mol. The third kappa shape index (κ3) is 2.36. The molecule has 3 heteroatoms. The van der Waals surface area contributed by atoms with Gasteiger partial charge in [-0.2, -0.15) is 0 Å². The highest BCUT2D eigenvalue weighted by Crippen LogP contribution is 2.20. The summed E-state index contributed by atoms with van der Waals surface area (Å²) in [6.07, 6.45) is 3.92. The number of hydrogen-bond donors (Lipinski definition) is 0. The first-order chi connectivity index (χ1) is 9.36. The second-order valence-corrected chi connectivity index (χ2v) is 4.17. The highest BCUT2D eigenvalue weighted by molar-refractivity contribution is 5.88. The van der Waals surface area contributed by atoms with Gasteiger partial charge in [0.05, 0.1) is 7.11 Å². The summed E-state index contributed by atoms with van der Waals surface area (Å²) in [6, 6.07) is 15.7. The van der Waals surface area contributed by atoms with Gasteiger partial charge in [0.15, 0.2) is 5.76 Å². The lowest BCUT2D eigenvalue weighted by Gasteiger charge is -1.98. The Bertz CT molecular complexity index is 711. The minimum atomic E-state index is 0.770. The van der Waals surface area contributed by atoms with Crippen LogP contribution in [0, 0.1) is 0 Å². The van der Waals surface area contributed by atoms with Crippen LogP contribution in [0.1, 0.15) is 11.3 Å². The normalized spacial score (nSPS) is 11.2. The molecular weight excluding hydrogens is 238 g/mol. The summed E-state index contributed by atoms with van der Waals surface area (Å²) in [7, 11) is 1.66. The van der Waals surface area contributed by atoms with Crippen LogP contribution in [0.2, 0.25) is 0 Å². The van der Waals surface area contributed by atoms with Crippen LogP contribution < -0.4 is 4.74 Å². The van der Waals surface area contributed by atoms with Gasteiger partial charge >= 0.3 is 0 Å². The molecule has 0 atom stereocenters. The van der Waals surface area contributed by atoms with Crippen LogP contribution in [0.4, 0.5) is 0 Å². The highest BCUT2D eigenvalue weighted by atomic mass is 16.5. The number of aromatic nitrogens is 1. The molecule has 0 radical (unpaired) electrons. The van der Waals surface area contributed by atoms with Crippen molar-refractivity contribution in [3.05, 3.63) is 59.9 Å². The first-order valence-corrected chi connectivity index (χ1v) is 6.03. The van der Waals surface area contributed by atoms with Gasteiger partial charge in [0.2, 0.25) is 0 Å². The van der Waals surface area contributed by atoms with Gasteiger partial charge in [-0.3, -0.25) is 0 Å². The topological polar surface area (TPSA) is 35.3 Å². The molecule has 0 bridgehead atoms. The summed E-state index contributed by atoms with van der Waals surface area (Å²) in [4.78, 5) is 0. The second-order valence-electron chi connectivity index (χ2n) is 4.17. The molecule has 0 fully saturated rings. The molecule has 3 nitrogen and oxygen atoms in total. The molecular formula is C16H13NO2. The maximum absolute atomic E-state index is 5.32. The third-order valence-electron chi connectivity index (χ3n) is 2.95. The fourth-order valence-electron chi connectivity index (χ4n) is 1.92. The van der Waals surface area contributed by atoms with Gasteiger partial charge in [0, 0.05) is 5.39 Å². The Labute approximate surface area is 111 Å². The number of methoxy groups -OCH3 is 1. The lowest BCUT2D eigenvalue weighted by Crippen LogP contribution is -1.81. The Morgan fingerprint density at radius 2 is 1.79 bits per heavy atom. The molecule has 2 aromatic carbocycles. The summed E-state index contributed by atoms with van der Waals surface area (Å²) in [6.45, 7) is 0. The van der Waals surface area contributed by atoms with E-state index in [-0.39, 0.29) is 0 Å². The Balaban J connectivity index is 1.89. The molecule has 0 saturated carbocycles. The fourth-order valence-corrected chi connectivity index (χ4v) is 1.92. The average Bonchev–Trinajstić information content (AvgIpc) is 2.89. The Hall–Kier alpha value is -2.55. The predicted octanol–water partition coefficient (Wildman–Crippen LogP) is 4.01. The number of nitrogens with zero attached hydrogens (tertiary/aromatic N) is 1. The van der Waals surface area contributed by atoms with E-state index in [0.29, 0.717) is 0 Å². The van der Waals surface area contributed by atoms with Crippen molar-refractivity contribution in [3.63, 3.8) is 0 Å². The van der Waals surface area contributed by atoms with Crippen molar-refractivity contribution in [1.82, 2.24) is 5.16 Å².